The summed E-state index contributed by atoms with van der Waals surface area (Å²) in [7, 11) is 1.87. The number of carbonyl (C=O) groups excluding carboxylic acids is 1. The van der Waals surface area contributed by atoms with Gasteiger partial charge in [-0.2, -0.15) is 5.10 Å². The van der Waals surface area contributed by atoms with Crippen LogP contribution < -0.4 is 11.1 Å². The van der Waals surface area contributed by atoms with Crippen molar-refractivity contribution in [2.24, 2.45) is 7.05 Å². The van der Waals surface area contributed by atoms with Crippen LogP contribution in [-0.4, -0.2) is 20.7 Å². The molecule has 2 aromatic heterocycles. The third-order valence-corrected chi connectivity index (χ3v) is 5.95. The van der Waals surface area contributed by atoms with E-state index in [-0.39, 0.29) is 11.9 Å². The number of amides is 1. The van der Waals surface area contributed by atoms with E-state index in [4.69, 9.17) is 5.73 Å². The first-order valence-corrected chi connectivity index (χ1v) is 9.48. The average Bonchev–Trinajstić information content (AvgIpc) is 3.20. The van der Waals surface area contributed by atoms with Crippen molar-refractivity contribution in [2.75, 3.05) is 5.73 Å². The van der Waals surface area contributed by atoms with E-state index in [1.54, 1.807) is 10.9 Å². The molecule has 0 radical (unpaired) electrons. The third-order valence-electron chi connectivity index (χ3n) is 4.74. The molecule has 2 heterocycles. The third kappa shape index (κ3) is 3.10. The summed E-state index contributed by atoms with van der Waals surface area (Å²) in [6, 6.07) is 5.98. The number of hydrogen-bond acceptors (Lipinski definition) is 5. The average molecular weight is 367 g/mol. The van der Waals surface area contributed by atoms with Gasteiger partial charge in [0, 0.05) is 24.5 Å². The van der Waals surface area contributed by atoms with Crippen LogP contribution in [0.15, 0.2) is 30.6 Å². The molecule has 0 saturated heterocycles. The molecule has 0 aliphatic heterocycles. The number of nitrogens with zero attached hydrogens (tertiary/aromatic N) is 3. The molecule has 0 fully saturated rings. The van der Waals surface area contributed by atoms with Gasteiger partial charge in [-0.15, -0.1) is 11.3 Å². The van der Waals surface area contributed by atoms with Gasteiger partial charge in [0.15, 0.2) is 0 Å². The van der Waals surface area contributed by atoms with Crippen LogP contribution in [0.3, 0.4) is 0 Å². The molecule has 1 unspecified atom stereocenters. The molecule has 1 aliphatic rings. The Morgan fingerprint density at radius 1 is 1.42 bits per heavy atom. The topological polar surface area (TPSA) is 85.8 Å². The first kappa shape index (κ1) is 16.8. The van der Waals surface area contributed by atoms with Crippen LogP contribution in [0.2, 0.25) is 0 Å². The van der Waals surface area contributed by atoms with E-state index in [1.807, 2.05) is 38.4 Å². The van der Waals surface area contributed by atoms with Gasteiger partial charge < -0.3 is 11.1 Å². The lowest BCUT2D eigenvalue weighted by Crippen LogP contribution is -2.30. The van der Waals surface area contributed by atoms with Crippen LogP contribution in [0.4, 0.5) is 5.69 Å². The highest BCUT2D eigenvalue weighted by Crippen LogP contribution is 2.32. The van der Waals surface area contributed by atoms with E-state index in [2.05, 4.69) is 15.4 Å². The summed E-state index contributed by atoms with van der Waals surface area (Å²) in [4.78, 5) is 18.1. The summed E-state index contributed by atoms with van der Waals surface area (Å²) in [6.45, 7) is 1.88. The number of aryl methyl sites for hydroxylation is 3. The Bertz CT molecular complexity index is 974. The Labute approximate surface area is 156 Å². The second kappa shape index (κ2) is 6.57. The van der Waals surface area contributed by atoms with Crippen LogP contribution in [0.5, 0.6) is 0 Å². The molecule has 0 spiro atoms. The zero-order valence-electron chi connectivity index (χ0n) is 14.8. The van der Waals surface area contributed by atoms with Crippen LogP contribution in [-0.2, 0) is 13.5 Å². The number of fused-ring (bicyclic) bond motifs is 1. The van der Waals surface area contributed by atoms with Crippen molar-refractivity contribution in [3.05, 3.63) is 52.3 Å². The Hall–Kier alpha value is -2.67. The van der Waals surface area contributed by atoms with Gasteiger partial charge in [0.1, 0.15) is 9.88 Å². The van der Waals surface area contributed by atoms with Crippen molar-refractivity contribution >= 4 is 22.9 Å². The molecule has 6 nitrogen and oxygen atoms in total. The van der Waals surface area contributed by atoms with Crippen LogP contribution in [0, 0.1) is 6.92 Å². The van der Waals surface area contributed by atoms with Gasteiger partial charge in [0.05, 0.1) is 17.9 Å². The minimum Gasteiger partial charge on any atom is -0.399 e. The molecule has 0 saturated carbocycles. The van der Waals surface area contributed by atoms with Crippen LogP contribution in [0.25, 0.3) is 10.6 Å². The number of benzene rings is 1. The summed E-state index contributed by atoms with van der Waals surface area (Å²) in [5, 5.41) is 8.18. The lowest BCUT2D eigenvalue weighted by atomic mass is 9.87. The van der Waals surface area contributed by atoms with Crippen molar-refractivity contribution in [3.63, 3.8) is 0 Å². The molecule has 1 amide bonds. The smallest absolute Gasteiger partial charge is 0.263 e. The summed E-state index contributed by atoms with van der Waals surface area (Å²) in [6.07, 6.45) is 6.67. The van der Waals surface area contributed by atoms with Gasteiger partial charge in [-0.3, -0.25) is 9.48 Å². The van der Waals surface area contributed by atoms with Crippen molar-refractivity contribution in [2.45, 2.75) is 32.2 Å². The van der Waals surface area contributed by atoms with Crippen molar-refractivity contribution in [1.82, 2.24) is 20.1 Å². The number of thiazole rings is 1. The normalized spacial score (nSPS) is 16.3. The number of nitrogen functional groups attached to an aromatic ring is 1. The second-order valence-corrected chi connectivity index (χ2v) is 7.71. The van der Waals surface area contributed by atoms with Gasteiger partial charge in [-0.25, -0.2) is 4.98 Å². The quantitative estimate of drug-likeness (QED) is 0.696. The monoisotopic (exact) mass is 367 g/mol. The van der Waals surface area contributed by atoms with Crippen molar-refractivity contribution < 1.29 is 4.79 Å². The zero-order chi connectivity index (χ0) is 18.3. The maximum Gasteiger partial charge on any atom is 0.263 e. The molecule has 3 N–H and O–H groups in total. The standard InChI is InChI=1S/C19H21N5OS/c1-11-17(26-19(22-11)13-9-21-24(2)10-13)18(25)23-16-5-3-4-12-8-14(20)6-7-15(12)16/h6-10,16H,3-5,20H2,1-2H3,(H,23,25). The lowest BCUT2D eigenvalue weighted by molar-refractivity contribution is 0.0936. The molecule has 1 aliphatic carbocycles. The van der Waals surface area contributed by atoms with E-state index < -0.39 is 0 Å². The second-order valence-electron chi connectivity index (χ2n) is 6.71. The fraction of sp³-hybridized carbons (Fsp3) is 0.316. The SMILES string of the molecule is Cc1nc(-c2cnn(C)c2)sc1C(=O)NC1CCCc2cc(N)ccc21. The Morgan fingerprint density at radius 3 is 3.04 bits per heavy atom. The number of nitrogens with one attached hydrogen (secondary N) is 1. The predicted molar refractivity (Wildman–Crippen MR) is 103 cm³/mol. The molecule has 26 heavy (non-hydrogen) atoms. The zero-order valence-corrected chi connectivity index (χ0v) is 15.6. The molecule has 0 bridgehead atoms. The van der Waals surface area contributed by atoms with Crippen LogP contribution >= 0.6 is 11.3 Å². The fourth-order valence-corrected chi connectivity index (χ4v) is 4.41. The van der Waals surface area contributed by atoms with E-state index >= 15 is 0 Å². The first-order valence-electron chi connectivity index (χ1n) is 8.67. The number of rotatable bonds is 3. The molecule has 7 heteroatoms. The maximum absolute atomic E-state index is 12.9. The highest BCUT2D eigenvalue weighted by molar-refractivity contribution is 7.17. The first-order chi connectivity index (χ1) is 12.5. The van der Waals surface area contributed by atoms with Gasteiger partial charge in [-0.05, 0) is 49.4 Å². The largest absolute Gasteiger partial charge is 0.399 e. The summed E-state index contributed by atoms with van der Waals surface area (Å²) >= 11 is 1.41. The number of anilines is 1. The molecular weight excluding hydrogens is 346 g/mol. The number of carbonyl (C=O) groups is 1. The minimum atomic E-state index is -0.0650. The summed E-state index contributed by atoms with van der Waals surface area (Å²) < 4.78 is 1.73. The number of hydrogen-bond donors (Lipinski definition) is 2. The Morgan fingerprint density at radius 2 is 2.27 bits per heavy atom. The summed E-state index contributed by atoms with van der Waals surface area (Å²) in [5.74, 6) is -0.0650. The minimum absolute atomic E-state index is 0.0233. The number of nitrogens with two attached hydrogens (primary N) is 1. The molecule has 4 rings (SSSR count). The molecular formula is C19H21N5OS. The van der Waals surface area contributed by atoms with E-state index in [9.17, 15) is 4.79 Å². The van der Waals surface area contributed by atoms with Gasteiger partial charge >= 0.3 is 0 Å². The van der Waals surface area contributed by atoms with E-state index in [1.165, 1.54) is 22.5 Å². The van der Waals surface area contributed by atoms with E-state index in [0.29, 0.717) is 4.88 Å². The molecule has 1 atom stereocenters. The van der Waals surface area contributed by atoms with Crippen LogP contribution in [0.1, 0.15) is 45.4 Å². The van der Waals surface area contributed by atoms with E-state index in [0.717, 1.165) is 41.2 Å². The lowest BCUT2D eigenvalue weighted by Gasteiger charge is -2.26. The molecule has 3 aromatic rings. The Balaban J connectivity index is 1.57. The maximum atomic E-state index is 12.9. The highest BCUT2D eigenvalue weighted by Gasteiger charge is 2.24. The highest BCUT2D eigenvalue weighted by atomic mass is 32.1. The predicted octanol–water partition coefficient (Wildman–Crippen LogP) is 3.24. The van der Waals surface area contributed by atoms with Gasteiger partial charge in [-0.1, -0.05) is 6.07 Å². The van der Waals surface area contributed by atoms with Crippen molar-refractivity contribution in [3.8, 4) is 10.6 Å². The number of aromatic nitrogens is 3. The van der Waals surface area contributed by atoms with Gasteiger partial charge in [0.2, 0.25) is 0 Å². The van der Waals surface area contributed by atoms with Crippen molar-refractivity contribution in [1.29, 1.82) is 0 Å². The molecule has 134 valence electrons. The fourth-order valence-electron chi connectivity index (χ4n) is 3.47. The van der Waals surface area contributed by atoms with Gasteiger partial charge in [0.25, 0.3) is 5.91 Å². The molecule has 1 aromatic carbocycles. The Kier molecular flexibility index (Phi) is 4.24. The summed E-state index contributed by atoms with van der Waals surface area (Å²) in [5.41, 5.74) is 10.8.